The second kappa shape index (κ2) is 10.4. The van der Waals surface area contributed by atoms with E-state index in [4.69, 9.17) is 0 Å². The predicted octanol–water partition coefficient (Wildman–Crippen LogP) is 6.17. The number of benzene rings is 3. The lowest BCUT2D eigenvalue weighted by Crippen LogP contribution is -2.49. The highest BCUT2D eigenvalue weighted by molar-refractivity contribution is 7.89. The van der Waals surface area contributed by atoms with Gasteiger partial charge in [0.05, 0.1) is 17.5 Å². The normalized spacial score (nSPS) is 16.6. The fourth-order valence-electron chi connectivity index (χ4n) is 5.06. The van der Waals surface area contributed by atoms with Gasteiger partial charge in [-0.3, -0.25) is 4.79 Å². The van der Waals surface area contributed by atoms with E-state index in [1.807, 2.05) is 56.0 Å². The lowest BCUT2D eigenvalue weighted by Gasteiger charge is -2.38. The number of carbonyl (C=O) groups excluding carboxylic acids is 1. The van der Waals surface area contributed by atoms with Crippen molar-refractivity contribution in [2.24, 2.45) is 0 Å². The molecule has 5 nitrogen and oxygen atoms in total. The van der Waals surface area contributed by atoms with Gasteiger partial charge >= 0.3 is 0 Å². The molecule has 192 valence electrons. The average molecular weight is 533 g/mol. The summed E-state index contributed by atoms with van der Waals surface area (Å²) in [6.45, 7) is 6.24. The van der Waals surface area contributed by atoms with Gasteiger partial charge in [0.1, 0.15) is 0 Å². The maximum Gasteiger partial charge on any atom is 0.243 e. The Hall–Kier alpha value is -3.00. The van der Waals surface area contributed by atoms with Crippen LogP contribution in [0.1, 0.15) is 47.9 Å². The molecule has 3 aromatic carbocycles. The van der Waals surface area contributed by atoms with E-state index in [9.17, 15) is 13.2 Å². The third-order valence-electron chi connectivity index (χ3n) is 7.38. The third kappa shape index (κ3) is 4.96. The Bertz CT molecular complexity index is 1530. The zero-order chi connectivity index (χ0) is 26.2. The van der Waals surface area contributed by atoms with Crippen LogP contribution in [0, 0.1) is 6.92 Å². The van der Waals surface area contributed by atoms with Crippen LogP contribution in [-0.4, -0.2) is 42.7 Å². The lowest BCUT2D eigenvalue weighted by atomic mass is 9.92. The van der Waals surface area contributed by atoms with Crippen molar-refractivity contribution in [2.45, 2.75) is 50.6 Å². The molecule has 0 N–H and O–H groups in total. The smallest absolute Gasteiger partial charge is 0.243 e. The maximum absolute atomic E-state index is 13.9. The second-order valence-corrected chi connectivity index (χ2v) is 12.7. The van der Waals surface area contributed by atoms with E-state index < -0.39 is 10.0 Å². The first-order valence-corrected chi connectivity index (χ1v) is 15.0. The molecule has 0 radical (unpaired) electrons. The molecule has 0 spiro atoms. The molecule has 1 amide bonds. The Kier molecular flexibility index (Phi) is 7.21. The molecule has 2 unspecified atom stereocenters. The zero-order valence-corrected chi connectivity index (χ0v) is 23.1. The van der Waals surface area contributed by atoms with E-state index >= 15 is 0 Å². The topological polar surface area (TPSA) is 57.7 Å². The van der Waals surface area contributed by atoms with E-state index in [2.05, 4.69) is 35.7 Å². The predicted molar refractivity (Wildman–Crippen MR) is 150 cm³/mol. The Balaban J connectivity index is 1.49. The first-order chi connectivity index (χ1) is 17.8. The average Bonchev–Trinajstić information content (AvgIpc) is 3.40. The van der Waals surface area contributed by atoms with Crippen LogP contribution in [0.4, 0.5) is 0 Å². The van der Waals surface area contributed by atoms with E-state index in [0.717, 1.165) is 33.9 Å². The fraction of sp³-hybridized carbons (Fsp3) is 0.300. The van der Waals surface area contributed by atoms with Gasteiger partial charge < -0.3 is 4.90 Å². The molecule has 0 aliphatic carbocycles. The SMILES string of the molecule is CCC(C)N(CC(=O)N1CCc2sccc2C1c1ccc(C)cc1)S(=O)(=O)c1ccc2ccccc2c1. The molecule has 0 saturated heterocycles. The van der Waals surface area contributed by atoms with Crippen LogP contribution in [0.3, 0.4) is 0 Å². The number of amides is 1. The zero-order valence-electron chi connectivity index (χ0n) is 21.4. The third-order valence-corrected chi connectivity index (χ3v) is 10.3. The van der Waals surface area contributed by atoms with Gasteiger partial charge in [-0.1, -0.05) is 67.1 Å². The first kappa shape index (κ1) is 25.6. The van der Waals surface area contributed by atoms with E-state index in [-0.39, 0.29) is 29.4 Å². The minimum absolute atomic E-state index is 0.174. The minimum atomic E-state index is -3.89. The van der Waals surface area contributed by atoms with Crippen molar-refractivity contribution in [3.63, 3.8) is 0 Å². The number of hydrogen-bond acceptors (Lipinski definition) is 4. The van der Waals surface area contributed by atoms with E-state index in [0.29, 0.717) is 13.0 Å². The van der Waals surface area contributed by atoms with Crippen molar-refractivity contribution in [2.75, 3.05) is 13.1 Å². The highest BCUT2D eigenvalue weighted by Gasteiger charge is 2.37. The molecule has 1 aromatic heterocycles. The maximum atomic E-state index is 13.9. The van der Waals surface area contributed by atoms with Gasteiger partial charge in [0.2, 0.25) is 15.9 Å². The number of fused-ring (bicyclic) bond motifs is 2. The van der Waals surface area contributed by atoms with Crippen LogP contribution in [0.15, 0.2) is 83.1 Å². The summed E-state index contributed by atoms with van der Waals surface area (Å²) in [6.07, 6.45) is 1.39. The van der Waals surface area contributed by atoms with Gasteiger partial charge in [0.25, 0.3) is 0 Å². The van der Waals surface area contributed by atoms with Crippen LogP contribution >= 0.6 is 11.3 Å². The molecule has 7 heteroatoms. The summed E-state index contributed by atoms with van der Waals surface area (Å²) in [6, 6.07) is 22.7. The monoisotopic (exact) mass is 532 g/mol. The van der Waals surface area contributed by atoms with Crippen LogP contribution < -0.4 is 0 Å². The van der Waals surface area contributed by atoms with Gasteiger partial charge in [0.15, 0.2) is 0 Å². The first-order valence-electron chi connectivity index (χ1n) is 12.7. The summed E-state index contributed by atoms with van der Waals surface area (Å²) in [5.74, 6) is -0.174. The molecule has 2 heterocycles. The van der Waals surface area contributed by atoms with Gasteiger partial charge in [-0.25, -0.2) is 8.42 Å². The summed E-state index contributed by atoms with van der Waals surface area (Å²) >= 11 is 1.72. The van der Waals surface area contributed by atoms with Crippen LogP contribution in [0.25, 0.3) is 10.8 Å². The van der Waals surface area contributed by atoms with E-state index in [1.165, 1.54) is 9.18 Å². The Labute approximate surface area is 223 Å². The van der Waals surface area contributed by atoms with Gasteiger partial charge in [-0.2, -0.15) is 4.31 Å². The van der Waals surface area contributed by atoms with Gasteiger partial charge in [-0.15, -0.1) is 11.3 Å². The number of carbonyl (C=O) groups is 1. The number of rotatable bonds is 7. The van der Waals surface area contributed by atoms with Crippen LogP contribution in [0.5, 0.6) is 0 Å². The Morgan fingerprint density at radius 2 is 1.78 bits per heavy atom. The van der Waals surface area contributed by atoms with E-state index in [1.54, 1.807) is 23.5 Å². The molecule has 1 aliphatic rings. The molecule has 0 fully saturated rings. The number of aryl methyl sites for hydroxylation is 1. The highest BCUT2D eigenvalue weighted by Crippen LogP contribution is 2.38. The number of hydrogen-bond donors (Lipinski definition) is 0. The molecule has 1 aliphatic heterocycles. The Morgan fingerprint density at radius 3 is 2.51 bits per heavy atom. The van der Waals surface area contributed by atoms with Crippen molar-refractivity contribution in [3.8, 4) is 0 Å². The molecular formula is C30H32N2O3S2. The van der Waals surface area contributed by atoms with Crippen LogP contribution in [0.2, 0.25) is 0 Å². The number of nitrogens with zero attached hydrogens (tertiary/aromatic N) is 2. The van der Waals surface area contributed by atoms with Gasteiger partial charge in [0, 0.05) is 17.5 Å². The van der Waals surface area contributed by atoms with Gasteiger partial charge in [-0.05, 0) is 72.2 Å². The minimum Gasteiger partial charge on any atom is -0.330 e. The fourth-order valence-corrected chi connectivity index (χ4v) is 7.66. The molecule has 2 atom stereocenters. The second-order valence-electron chi connectivity index (χ2n) is 9.77. The number of sulfonamides is 1. The largest absolute Gasteiger partial charge is 0.330 e. The van der Waals surface area contributed by atoms with Crippen molar-refractivity contribution in [3.05, 3.63) is 99.7 Å². The highest BCUT2D eigenvalue weighted by atomic mass is 32.2. The summed E-state index contributed by atoms with van der Waals surface area (Å²) in [4.78, 5) is 17.3. The van der Waals surface area contributed by atoms with Crippen molar-refractivity contribution in [1.29, 1.82) is 0 Å². The quantitative estimate of drug-likeness (QED) is 0.286. The molecule has 0 saturated carbocycles. The molecule has 0 bridgehead atoms. The number of thiophene rings is 1. The summed E-state index contributed by atoms with van der Waals surface area (Å²) in [7, 11) is -3.89. The molecular weight excluding hydrogens is 500 g/mol. The lowest BCUT2D eigenvalue weighted by molar-refractivity contribution is -0.133. The molecule has 37 heavy (non-hydrogen) atoms. The Morgan fingerprint density at radius 1 is 1.05 bits per heavy atom. The van der Waals surface area contributed by atoms with Crippen molar-refractivity contribution in [1.82, 2.24) is 9.21 Å². The summed E-state index contributed by atoms with van der Waals surface area (Å²) in [5, 5.41) is 3.92. The molecule has 5 rings (SSSR count). The van der Waals surface area contributed by atoms with Crippen molar-refractivity contribution >= 4 is 38.0 Å². The molecule has 4 aromatic rings. The van der Waals surface area contributed by atoms with Crippen LogP contribution in [-0.2, 0) is 21.2 Å². The van der Waals surface area contributed by atoms with Crippen molar-refractivity contribution < 1.29 is 13.2 Å². The summed E-state index contributed by atoms with van der Waals surface area (Å²) in [5.41, 5.74) is 3.35. The standard InChI is InChI=1S/C30H32N2O3S2/c1-4-22(3)32(37(34,35)26-14-13-23-7-5-6-8-25(23)19-26)20-29(33)31-17-15-28-27(16-18-36-28)30(31)24-11-9-21(2)10-12-24/h5-14,16,18-19,22,30H,4,15,17,20H2,1-3H3. The summed E-state index contributed by atoms with van der Waals surface area (Å²) < 4.78 is 29.2.